The van der Waals surface area contributed by atoms with E-state index in [-0.39, 0.29) is 12.3 Å². The number of hydrogen-bond acceptors (Lipinski definition) is 5. The van der Waals surface area contributed by atoms with Crippen molar-refractivity contribution in [2.45, 2.75) is 12.6 Å². The second kappa shape index (κ2) is 5.15. The van der Waals surface area contributed by atoms with E-state index >= 15 is 0 Å². The van der Waals surface area contributed by atoms with Gasteiger partial charge in [-0.3, -0.25) is 15.0 Å². The van der Waals surface area contributed by atoms with Crippen LogP contribution < -0.4 is 25.4 Å². The summed E-state index contributed by atoms with van der Waals surface area (Å²) < 4.78 is 10.3. The molecular weight excluding hydrogens is 250 g/mol. The zero-order valence-corrected chi connectivity index (χ0v) is 10.7. The Morgan fingerprint density at radius 3 is 2.63 bits per heavy atom. The third-order valence-corrected chi connectivity index (χ3v) is 2.84. The second-order valence-corrected chi connectivity index (χ2v) is 4.03. The van der Waals surface area contributed by atoms with Gasteiger partial charge in [0.1, 0.15) is 11.5 Å². The topological polar surface area (TPSA) is 93.9 Å². The summed E-state index contributed by atoms with van der Waals surface area (Å²) in [6.45, 7) is 0. The van der Waals surface area contributed by atoms with Crippen molar-refractivity contribution in [3.63, 3.8) is 0 Å². The quantitative estimate of drug-likeness (QED) is 0.826. The summed E-state index contributed by atoms with van der Waals surface area (Å²) in [4.78, 5) is 24.4. The van der Waals surface area contributed by atoms with Gasteiger partial charge in [-0.2, -0.15) is 0 Å². The molecule has 1 aromatic carbocycles. The predicted molar refractivity (Wildman–Crippen MR) is 68.2 cm³/mol. The Labute approximate surface area is 110 Å². The minimum Gasteiger partial charge on any atom is -0.497 e. The number of urea groups is 1. The highest BCUT2D eigenvalue weighted by atomic mass is 16.5. The van der Waals surface area contributed by atoms with Gasteiger partial charge in [-0.05, 0) is 12.1 Å². The lowest BCUT2D eigenvalue weighted by Gasteiger charge is -2.33. The maximum atomic E-state index is 11.9. The first-order chi connectivity index (χ1) is 9.06. The molecule has 3 N–H and O–H groups in total. The van der Waals surface area contributed by atoms with Crippen LogP contribution in [0.4, 0.5) is 10.5 Å². The van der Waals surface area contributed by atoms with Crippen molar-refractivity contribution in [3.8, 4) is 11.5 Å². The molecule has 0 saturated carbocycles. The smallest absolute Gasteiger partial charge is 0.329 e. The maximum Gasteiger partial charge on any atom is 0.329 e. The summed E-state index contributed by atoms with van der Waals surface area (Å²) in [6, 6.07) is 4.43. The highest BCUT2D eigenvalue weighted by Gasteiger charge is 2.32. The van der Waals surface area contributed by atoms with Crippen LogP contribution in [-0.2, 0) is 4.79 Å². The zero-order valence-electron chi connectivity index (χ0n) is 10.7. The Hall–Kier alpha value is -2.28. The Morgan fingerprint density at radius 1 is 1.32 bits per heavy atom. The fraction of sp³-hybridized carbons (Fsp3) is 0.333. The van der Waals surface area contributed by atoms with E-state index in [4.69, 9.17) is 15.2 Å². The Bertz CT molecular complexity index is 518. The summed E-state index contributed by atoms with van der Waals surface area (Å²) in [5.41, 5.74) is 6.33. The summed E-state index contributed by atoms with van der Waals surface area (Å²) in [5, 5.41) is 2.22. The number of amides is 3. The van der Waals surface area contributed by atoms with Crippen molar-refractivity contribution in [2.24, 2.45) is 5.73 Å². The minimum atomic E-state index is -0.719. The predicted octanol–water partition coefficient (Wildman–Crippen LogP) is 0.435. The highest BCUT2D eigenvalue weighted by molar-refractivity contribution is 6.06. The number of ether oxygens (including phenoxy) is 2. The molecule has 1 saturated heterocycles. The SMILES string of the molecule is COc1ccc(N2C(=O)NC(=O)CC2N)c(OC)c1. The van der Waals surface area contributed by atoms with Crippen LogP contribution in [0.2, 0.25) is 0 Å². The van der Waals surface area contributed by atoms with Gasteiger partial charge in [-0.25, -0.2) is 4.79 Å². The molecule has 2 rings (SSSR count). The number of anilines is 1. The first-order valence-corrected chi connectivity index (χ1v) is 5.67. The van der Waals surface area contributed by atoms with Gasteiger partial charge in [-0.15, -0.1) is 0 Å². The summed E-state index contributed by atoms with van der Waals surface area (Å²) >= 11 is 0. The largest absolute Gasteiger partial charge is 0.497 e. The molecule has 0 spiro atoms. The number of methoxy groups -OCH3 is 2. The van der Waals surface area contributed by atoms with Gasteiger partial charge in [0.25, 0.3) is 0 Å². The van der Waals surface area contributed by atoms with Gasteiger partial charge in [0.2, 0.25) is 5.91 Å². The van der Waals surface area contributed by atoms with Gasteiger partial charge in [0, 0.05) is 6.07 Å². The van der Waals surface area contributed by atoms with E-state index in [0.29, 0.717) is 17.2 Å². The number of carbonyl (C=O) groups excluding carboxylic acids is 2. The standard InChI is InChI=1S/C12H15N3O4/c1-18-7-3-4-8(9(5-7)19-2)15-10(13)6-11(16)14-12(15)17/h3-5,10H,6,13H2,1-2H3,(H,14,16,17). The lowest BCUT2D eigenvalue weighted by molar-refractivity contribution is -0.120. The van der Waals surface area contributed by atoms with Crippen molar-refractivity contribution in [1.82, 2.24) is 5.32 Å². The van der Waals surface area contributed by atoms with Crippen LogP contribution in [-0.4, -0.2) is 32.3 Å². The average Bonchev–Trinajstić information content (AvgIpc) is 2.37. The van der Waals surface area contributed by atoms with E-state index in [0.717, 1.165) is 0 Å². The number of imide groups is 1. The molecule has 7 nitrogen and oxygen atoms in total. The van der Waals surface area contributed by atoms with E-state index in [1.54, 1.807) is 18.2 Å². The van der Waals surface area contributed by atoms with Gasteiger partial charge in [0.15, 0.2) is 0 Å². The number of carbonyl (C=O) groups is 2. The Morgan fingerprint density at radius 2 is 2.05 bits per heavy atom. The van der Waals surface area contributed by atoms with E-state index in [1.165, 1.54) is 19.1 Å². The fourth-order valence-corrected chi connectivity index (χ4v) is 1.93. The van der Waals surface area contributed by atoms with Crippen molar-refractivity contribution in [3.05, 3.63) is 18.2 Å². The second-order valence-electron chi connectivity index (χ2n) is 4.03. The monoisotopic (exact) mass is 265 g/mol. The molecule has 1 heterocycles. The van der Waals surface area contributed by atoms with Crippen LogP contribution in [0.5, 0.6) is 11.5 Å². The number of benzene rings is 1. The van der Waals surface area contributed by atoms with E-state index in [9.17, 15) is 9.59 Å². The third-order valence-electron chi connectivity index (χ3n) is 2.84. The van der Waals surface area contributed by atoms with Gasteiger partial charge >= 0.3 is 6.03 Å². The number of hydrogen-bond donors (Lipinski definition) is 2. The molecule has 3 amide bonds. The van der Waals surface area contributed by atoms with E-state index < -0.39 is 12.2 Å². The van der Waals surface area contributed by atoms with Crippen LogP contribution in [0, 0.1) is 0 Å². The van der Waals surface area contributed by atoms with Crippen molar-refractivity contribution >= 4 is 17.6 Å². The molecule has 7 heteroatoms. The molecule has 102 valence electrons. The molecule has 19 heavy (non-hydrogen) atoms. The lowest BCUT2D eigenvalue weighted by atomic mass is 10.2. The Kier molecular flexibility index (Phi) is 3.57. The molecule has 0 aromatic heterocycles. The molecule has 1 fully saturated rings. The van der Waals surface area contributed by atoms with Crippen molar-refractivity contribution in [1.29, 1.82) is 0 Å². The minimum absolute atomic E-state index is 0.0426. The van der Waals surface area contributed by atoms with Gasteiger partial charge in [0.05, 0.1) is 32.5 Å². The van der Waals surface area contributed by atoms with Crippen molar-refractivity contribution in [2.75, 3.05) is 19.1 Å². The number of nitrogens with one attached hydrogen (secondary N) is 1. The molecule has 0 bridgehead atoms. The number of nitrogens with two attached hydrogens (primary N) is 1. The molecule has 1 aliphatic heterocycles. The molecular formula is C12H15N3O4. The summed E-state index contributed by atoms with van der Waals surface area (Å²) in [7, 11) is 3.02. The third kappa shape index (κ3) is 2.45. The molecule has 1 aliphatic rings. The average molecular weight is 265 g/mol. The molecule has 1 atom stereocenters. The zero-order chi connectivity index (χ0) is 14.0. The van der Waals surface area contributed by atoms with Crippen LogP contribution in [0.3, 0.4) is 0 Å². The van der Waals surface area contributed by atoms with Crippen molar-refractivity contribution < 1.29 is 19.1 Å². The summed E-state index contributed by atoms with van der Waals surface area (Å²) in [5.74, 6) is 0.656. The number of rotatable bonds is 3. The Balaban J connectivity index is 2.40. The maximum absolute atomic E-state index is 11.9. The van der Waals surface area contributed by atoms with E-state index in [2.05, 4.69) is 5.32 Å². The van der Waals surface area contributed by atoms with E-state index in [1.807, 2.05) is 0 Å². The van der Waals surface area contributed by atoms with Gasteiger partial charge in [-0.1, -0.05) is 0 Å². The van der Waals surface area contributed by atoms with Crippen LogP contribution >= 0.6 is 0 Å². The molecule has 1 aromatic rings. The first kappa shape index (κ1) is 13.2. The fourth-order valence-electron chi connectivity index (χ4n) is 1.93. The normalized spacial score (nSPS) is 19.1. The highest BCUT2D eigenvalue weighted by Crippen LogP contribution is 2.33. The molecule has 1 unspecified atom stereocenters. The van der Waals surface area contributed by atoms with Gasteiger partial charge < -0.3 is 15.2 Å². The molecule has 0 aliphatic carbocycles. The first-order valence-electron chi connectivity index (χ1n) is 5.67. The number of nitrogens with zero attached hydrogens (tertiary/aromatic N) is 1. The lowest BCUT2D eigenvalue weighted by Crippen LogP contribution is -2.58. The molecule has 0 radical (unpaired) electrons. The van der Waals surface area contributed by atoms with Crippen LogP contribution in [0.1, 0.15) is 6.42 Å². The van der Waals surface area contributed by atoms with Crippen LogP contribution in [0.15, 0.2) is 18.2 Å². The van der Waals surface area contributed by atoms with Crippen LogP contribution in [0.25, 0.3) is 0 Å². The summed E-state index contributed by atoms with van der Waals surface area (Å²) in [6.07, 6.45) is -0.676.